The van der Waals surface area contributed by atoms with E-state index in [1.54, 1.807) is 0 Å². The minimum atomic E-state index is -4.85. The highest BCUT2D eigenvalue weighted by Crippen LogP contribution is 2.32. The zero-order valence-corrected chi connectivity index (χ0v) is 17.6. The highest BCUT2D eigenvalue weighted by molar-refractivity contribution is 5.89. The number of ether oxygens (including phenoxy) is 1. The Morgan fingerprint density at radius 2 is 1.48 bits per heavy atom. The first-order chi connectivity index (χ1) is 13.8. The van der Waals surface area contributed by atoms with Gasteiger partial charge in [-0.1, -0.05) is 71.6 Å². The third-order valence-electron chi connectivity index (χ3n) is 5.12. The van der Waals surface area contributed by atoms with Gasteiger partial charge in [-0.25, -0.2) is 9.18 Å². The lowest BCUT2D eigenvalue weighted by Gasteiger charge is -2.17. The number of unbranched alkanes of at least 4 members (excludes halogenated alkanes) is 9. The van der Waals surface area contributed by atoms with Crippen LogP contribution in [0.25, 0.3) is 0 Å². The standard InChI is InChI=1S/C23H34F4O2/c1-3-5-6-7-8-9-10-11-12-13-14-19(4-2)29-22(28)18-15-16-21(24)20(17-18)23(25,26)27/h15-17,19H,3-14H2,1-2H3. The van der Waals surface area contributed by atoms with E-state index in [1.165, 1.54) is 44.9 Å². The summed E-state index contributed by atoms with van der Waals surface area (Å²) in [5, 5.41) is 0. The Bertz CT molecular complexity index is 599. The molecular weight excluding hydrogens is 384 g/mol. The second-order valence-electron chi connectivity index (χ2n) is 7.60. The van der Waals surface area contributed by atoms with Crippen LogP contribution in [0, 0.1) is 5.82 Å². The van der Waals surface area contributed by atoms with Crippen LogP contribution < -0.4 is 0 Å². The van der Waals surface area contributed by atoms with Gasteiger partial charge in [0.25, 0.3) is 0 Å². The lowest BCUT2D eigenvalue weighted by molar-refractivity contribution is -0.140. The lowest BCUT2D eigenvalue weighted by Crippen LogP contribution is -2.18. The lowest BCUT2D eigenvalue weighted by atomic mass is 10.0. The maximum Gasteiger partial charge on any atom is 0.419 e. The molecular formula is C23H34F4O2. The Labute approximate surface area is 172 Å². The van der Waals surface area contributed by atoms with Crippen LogP contribution in [0.1, 0.15) is 107 Å². The summed E-state index contributed by atoms with van der Waals surface area (Å²) in [6.45, 7) is 4.08. The monoisotopic (exact) mass is 418 g/mol. The van der Waals surface area contributed by atoms with E-state index in [4.69, 9.17) is 4.74 Å². The molecule has 2 nitrogen and oxygen atoms in total. The van der Waals surface area contributed by atoms with E-state index in [9.17, 15) is 22.4 Å². The average Bonchev–Trinajstić information content (AvgIpc) is 2.67. The van der Waals surface area contributed by atoms with Gasteiger partial charge in [-0.2, -0.15) is 13.2 Å². The van der Waals surface area contributed by atoms with Crippen molar-refractivity contribution in [3.8, 4) is 0 Å². The van der Waals surface area contributed by atoms with Crippen molar-refractivity contribution in [3.05, 3.63) is 35.1 Å². The quantitative estimate of drug-likeness (QED) is 0.173. The van der Waals surface area contributed by atoms with Gasteiger partial charge >= 0.3 is 12.1 Å². The molecule has 1 atom stereocenters. The van der Waals surface area contributed by atoms with Gasteiger partial charge in [-0.3, -0.25) is 0 Å². The number of esters is 1. The number of hydrogen-bond acceptors (Lipinski definition) is 2. The van der Waals surface area contributed by atoms with Gasteiger partial charge in [-0.05, 0) is 37.5 Å². The SMILES string of the molecule is CCCCCCCCCCCCC(CC)OC(=O)c1ccc(F)c(C(F)(F)F)c1. The maximum absolute atomic E-state index is 13.4. The van der Waals surface area contributed by atoms with Gasteiger partial charge in [0.05, 0.1) is 11.1 Å². The van der Waals surface area contributed by atoms with Gasteiger partial charge < -0.3 is 4.74 Å². The molecule has 166 valence electrons. The van der Waals surface area contributed by atoms with E-state index in [1.807, 2.05) is 6.92 Å². The first-order valence-corrected chi connectivity index (χ1v) is 10.9. The number of carbonyl (C=O) groups excluding carboxylic acids is 1. The van der Waals surface area contributed by atoms with Crippen molar-refractivity contribution in [3.63, 3.8) is 0 Å². The van der Waals surface area contributed by atoms with Crippen LogP contribution in [-0.2, 0) is 10.9 Å². The molecule has 0 radical (unpaired) electrons. The smallest absolute Gasteiger partial charge is 0.419 e. The number of benzene rings is 1. The molecule has 0 fully saturated rings. The molecule has 0 amide bonds. The third kappa shape index (κ3) is 10.1. The fourth-order valence-electron chi connectivity index (χ4n) is 3.29. The molecule has 6 heteroatoms. The van der Waals surface area contributed by atoms with Gasteiger partial charge in [0.2, 0.25) is 0 Å². The molecule has 0 aliphatic carbocycles. The predicted octanol–water partition coefficient (Wildman–Crippen LogP) is 8.09. The number of alkyl halides is 3. The third-order valence-corrected chi connectivity index (χ3v) is 5.12. The molecule has 1 aromatic rings. The van der Waals surface area contributed by atoms with E-state index in [2.05, 4.69) is 6.92 Å². The average molecular weight is 419 g/mol. The van der Waals surface area contributed by atoms with Crippen LogP contribution in [0.4, 0.5) is 17.6 Å². The van der Waals surface area contributed by atoms with Crippen LogP contribution in [0.3, 0.4) is 0 Å². The molecule has 0 aromatic heterocycles. The minimum absolute atomic E-state index is 0.278. The van der Waals surface area contributed by atoms with Crippen LogP contribution in [0.5, 0.6) is 0 Å². The van der Waals surface area contributed by atoms with Crippen LogP contribution in [0.2, 0.25) is 0 Å². The molecule has 0 heterocycles. The van der Waals surface area contributed by atoms with Crippen molar-refractivity contribution in [2.24, 2.45) is 0 Å². The van der Waals surface area contributed by atoms with Crippen molar-refractivity contribution >= 4 is 5.97 Å². The van der Waals surface area contributed by atoms with E-state index < -0.39 is 23.5 Å². The van der Waals surface area contributed by atoms with Crippen molar-refractivity contribution < 1.29 is 27.1 Å². The van der Waals surface area contributed by atoms with Crippen molar-refractivity contribution in [1.29, 1.82) is 0 Å². The fraction of sp³-hybridized carbons (Fsp3) is 0.696. The van der Waals surface area contributed by atoms with Crippen LogP contribution >= 0.6 is 0 Å². The molecule has 0 spiro atoms. The molecule has 1 aromatic carbocycles. The van der Waals surface area contributed by atoms with E-state index >= 15 is 0 Å². The summed E-state index contributed by atoms with van der Waals surface area (Å²) in [7, 11) is 0. The predicted molar refractivity (Wildman–Crippen MR) is 107 cm³/mol. The molecule has 1 rings (SSSR count). The van der Waals surface area contributed by atoms with Crippen molar-refractivity contribution in [2.75, 3.05) is 0 Å². The van der Waals surface area contributed by atoms with Gasteiger partial charge in [0, 0.05) is 0 Å². The zero-order valence-electron chi connectivity index (χ0n) is 17.6. The van der Waals surface area contributed by atoms with E-state index in [0.717, 1.165) is 25.3 Å². The van der Waals surface area contributed by atoms with E-state index in [0.29, 0.717) is 25.0 Å². The molecule has 1 unspecified atom stereocenters. The Morgan fingerprint density at radius 1 is 0.931 bits per heavy atom. The highest BCUT2D eigenvalue weighted by Gasteiger charge is 2.35. The molecule has 0 aliphatic heterocycles. The summed E-state index contributed by atoms with van der Waals surface area (Å²) in [4.78, 5) is 12.2. The number of halogens is 4. The Kier molecular flexibility index (Phi) is 11.9. The van der Waals surface area contributed by atoms with Crippen molar-refractivity contribution in [2.45, 2.75) is 103 Å². The number of rotatable bonds is 14. The highest BCUT2D eigenvalue weighted by atomic mass is 19.4. The number of carbonyl (C=O) groups is 1. The summed E-state index contributed by atoms with van der Waals surface area (Å²) < 4.78 is 57.1. The minimum Gasteiger partial charge on any atom is -0.459 e. The van der Waals surface area contributed by atoms with Crippen molar-refractivity contribution in [1.82, 2.24) is 0 Å². The molecule has 0 saturated heterocycles. The maximum atomic E-state index is 13.4. The number of hydrogen-bond donors (Lipinski definition) is 0. The first kappa shape index (κ1) is 25.4. The Hall–Kier alpha value is -1.59. The van der Waals surface area contributed by atoms with E-state index in [-0.39, 0.29) is 11.7 Å². The summed E-state index contributed by atoms with van der Waals surface area (Å²) in [6, 6.07) is 2.20. The zero-order chi connectivity index (χ0) is 21.7. The summed E-state index contributed by atoms with van der Waals surface area (Å²) in [6.07, 6.45) is 8.15. The first-order valence-electron chi connectivity index (χ1n) is 10.9. The van der Waals surface area contributed by atoms with Crippen LogP contribution in [-0.4, -0.2) is 12.1 Å². The molecule has 0 aliphatic rings. The molecule has 0 N–H and O–H groups in total. The largest absolute Gasteiger partial charge is 0.459 e. The van der Waals surface area contributed by atoms with Gasteiger partial charge in [-0.15, -0.1) is 0 Å². The normalized spacial score (nSPS) is 12.8. The van der Waals surface area contributed by atoms with Gasteiger partial charge in [0.1, 0.15) is 11.9 Å². The topological polar surface area (TPSA) is 26.3 Å². The molecule has 0 saturated carbocycles. The summed E-state index contributed by atoms with van der Waals surface area (Å²) >= 11 is 0. The second kappa shape index (κ2) is 13.6. The molecule has 0 bridgehead atoms. The second-order valence-corrected chi connectivity index (χ2v) is 7.60. The summed E-state index contributed by atoms with van der Waals surface area (Å²) in [5.74, 6) is -2.24. The Balaban J connectivity index is 2.34. The van der Waals surface area contributed by atoms with Crippen LogP contribution in [0.15, 0.2) is 18.2 Å². The Morgan fingerprint density at radius 3 is 2.00 bits per heavy atom. The molecule has 29 heavy (non-hydrogen) atoms. The fourth-order valence-corrected chi connectivity index (χ4v) is 3.29. The van der Waals surface area contributed by atoms with Gasteiger partial charge in [0.15, 0.2) is 0 Å². The summed E-state index contributed by atoms with van der Waals surface area (Å²) in [5.41, 5.74) is -1.73.